The number of nitrogens with zero attached hydrogens (tertiary/aromatic N) is 1. The van der Waals surface area contributed by atoms with E-state index in [2.05, 4.69) is 32.6 Å². The second kappa shape index (κ2) is 4.73. The lowest BCUT2D eigenvalue weighted by Gasteiger charge is -2.34. The van der Waals surface area contributed by atoms with Crippen LogP contribution in [0.3, 0.4) is 0 Å². The van der Waals surface area contributed by atoms with Gasteiger partial charge in [-0.2, -0.15) is 0 Å². The van der Waals surface area contributed by atoms with Crippen LogP contribution in [0.5, 0.6) is 0 Å². The topological polar surface area (TPSA) is 29.3 Å². The van der Waals surface area contributed by atoms with Crippen LogP contribution in [-0.2, 0) is 0 Å². The fraction of sp³-hybridized carbons (Fsp3) is 1.00. The lowest BCUT2D eigenvalue weighted by Crippen LogP contribution is -2.42. The molecule has 0 fully saturated rings. The van der Waals surface area contributed by atoms with Gasteiger partial charge in [0.25, 0.3) is 0 Å². The van der Waals surface area contributed by atoms with E-state index in [-0.39, 0.29) is 0 Å². The highest BCUT2D eigenvalue weighted by molar-refractivity contribution is 4.74. The predicted molar refractivity (Wildman–Crippen MR) is 50.7 cm³/mol. The smallest absolute Gasteiger partial charge is 0.0124 e. The summed E-state index contributed by atoms with van der Waals surface area (Å²) >= 11 is 0. The maximum Gasteiger partial charge on any atom is 0.0124 e. The standard InChI is InChI=1S/C9H22N2/c1-5-11(8-6-7-10)9(2,3)4/h5-8,10H2,1-4H3. The molecule has 0 aromatic carbocycles. The zero-order chi connectivity index (χ0) is 8.91. The average Bonchev–Trinajstić information content (AvgIpc) is 1.87. The van der Waals surface area contributed by atoms with Crippen molar-refractivity contribution in [3.05, 3.63) is 0 Å². The van der Waals surface area contributed by atoms with Gasteiger partial charge in [0.15, 0.2) is 0 Å². The van der Waals surface area contributed by atoms with Crippen LogP contribution < -0.4 is 5.73 Å². The Balaban J connectivity index is 3.76. The Labute approximate surface area is 70.8 Å². The van der Waals surface area contributed by atoms with Gasteiger partial charge >= 0.3 is 0 Å². The fourth-order valence-corrected chi connectivity index (χ4v) is 1.25. The first kappa shape index (κ1) is 10.9. The van der Waals surface area contributed by atoms with Crippen molar-refractivity contribution in [3.8, 4) is 0 Å². The summed E-state index contributed by atoms with van der Waals surface area (Å²) in [5.74, 6) is 0. The van der Waals surface area contributed by atoms with Crippen LogP contribution in [0.15, 0.2) is 0 Å². The molecule has 0 aromatic heterocycles. The highest BCUT2D eigenvalue weighted by Crippen LogP contribution is 2.12. The van der Waals surface area contributed by atoms with Crippen LogP contribution in [0.1, 0.15) is 34.1 Å². The van der Waals surface area contributed by atoms with Crippen molar-refractivity contribution in [1.82, 2.24) is 4.90 Å². The third-order valence-corrected chi connectivity index (χ3v) is 1.96. The summed E-state index contributed by atoms with van der Waals surface area (Å²) < 4.78 is 0. The summed E-state index contributed by atoms with van der Waals surface area (Å²) in [6.45, 7) is 12.0. The molecule has 0 spiro atoms. The van der Waals surface area contributed by atoms with E-state index in [1.54, 1.807) is 0 Å². The first-order valence-electron chi connectivity index (χ1n) is 4.47. The Bertz CT molecular complexity index is 94.2. The molecule has 0 atom stereocenters. The van der Waals surface area contributed by atoms with Crippen molar-refractivity contribution >= 4 is 0 Å². The molecule has 0 aliphatic heterocycles. The van der Waals surface area contributed by atoms with Gasteiger partial charge in [-0.05, 0) is 46.8 Å². The molecule has 0 aliphatic rings. The lowest BCUT2D eigenvalue weighted by molar-refractivity contribution is 0.144. The number of hydrogen-bond acceptors (Lipinski definition) is 2. The van der Waals surface area contributed by atoms with E-state index in [0.29, 0.717) is 5.54 Å². The summed E-state index contributed by atoms with van der Waals surface area (Å²) in [4.78, 5) is 2.44. The van der Waals surface area contributed by atoms with Gasteiger partial charge in [0.2, 0.25) is 0 Å². The Hall–Kier alpha value is -0.0800. The van der Waals surface area contributed by atoms with Gasteiger partial charge in [0.05, 0.1) is 0 Å². The molecule has 0 rings (SSSR count). The van der Waals surface area contributed by atoms with Crippen molar-refractivity contribution in [2.24, 2.45) is 5.73 Å². The molecule has 68 valence electrons. The van der Waals surface area contributed by atoms with Crippen LogP contribution in [0.2, 0.25) is 0 Å². The summed E-state index contributed by atoms with van der Waals surface area (Å²) in [5.41, 5.74) is 5.74. The Morgan fingerprint density at radius 1 is 1.27 bits per heavy atom. The van der Waals surface area contributed by atoms with E-state index in [9.17, 15) is 0 Å². The molecule has 11 heavy (non-hydrogen) atoms. The number of rotatable bonds is 4. The normalized spacial score (nSPS) is 12.5. The Kier molecular flexibility index (Phi) is 4.69. The first-order chi connectivity index (χ1) is 5.02. The molecular formula is C9H22N2. The van der Waals surface area contributed by atoms with Gasteiger partial charge in [0.1, 0.15) is 0 Å². The molecule has 0 bridgehead atoms. The molecule has 2 N–H and O–H groups in total. The molecule has 0 saturated heterocycles. The van der Waals surface area contributed by atoms with Crippen LogP contribution >= 0.6 is 0 Å². The third kappa shape index (κ3) is 4.38. The molecule has 0 aromatic rings. The zero-order valence-electron chi connectivity index (χ0n) is 8.35. The third-order valence-electron chi connectivity index (χ3n) is 1.96. The van der Waals surface area contributed by atoms with E-state index in [1.807, 2.05) is 0 Å². The minimum absolute atomic E-state index is 0.296. The summed E-state index contributed by atoms with van der Waals surface area (Å²) in [6, 6.07) is 0. The average molecular weight is 158 g/mol. The minimum atomic E-state index is 0.296. The molecule has 0 aliphatic carbocycles. The highest BCUT2D eigenvalue weighted by atomic mass is 15.2. The minimum Gasteiger partial charge on any atom is -0.330 e. The van der Waals surface area contributed by atoms with Crippen LogP contribution in [0.4, 0.5) is 0 Å². The van der Waals surface area contributed by atoms with E-state index in [4.69, 9.17) is 5.73 Å². The molecule has 2 heteroatoms. The van der Waals surface area contributed by atoms with Crippen molar-refractivity contribution in [1.29, 1.82) is 0 Å². The molecule has 0 saturated carbocycles. The quantitative estimate of drug-likeness (QED) is 0.671. The largest absolute Gasteiger partial charge is 0.330 e. The van der Waals surface area contributed by atoms with Gasteiger partial charge in [-0.15, -0.1) is 0 Å². The molecule has 2 nitrogen and oxygen atoms in total. The van der Waals surface area contributed by atoms with Crippen molar-refractivity contribution in [2.45, 2.75) is 39.7 Å². The summed E-state index contributed by atoms with van der Waals surface area (Å²) in [5, 5.41) is 0. The molecule has 0 amide bonds. The molecular weight excluding hydrogens is 136 g/mol. The molecule has 0 radical (unpaired) electrons. The SMILES string of the molecule is CCN(CCCN)C(C)(C)C. The Morgan fingerprint density at radius 2 is 1.82 bits per heavy atom. The fourth-order valence-electron chi connectivity index (χ4n) is 1.25. The van der Waals surface area contributed by atoms with Crippen molar-refractivity contribution in [2.75, 3.05) is 19.6 Å². The van der Waals surface area contributed by atoms with Gasteiger partial charge in [-0.3, -0.25) is 4.90 Å². The first-order valence-corrected chi connectivity index (χ1v) is 4.47. The van der Waals surface area contributed by atoms with Gasteiger partial charge in [-0.25, -0.2) is 0 Å². The van der Waals surface area contributed by atoms with Crippen LogP contribution in [0.25, 0.3) is 0 Å². The molecule has 0 heterocycles. The van der Waals surface area contributed by atoms with E-state index in [1.165, 1.54) is 0 Å². The second-order valence-electron chi connectivity index (χ2n) is 3.89. The van der Waals surface area contributed by atoms with Gasteiger partial charge in [0, 0.05) is 5.54 Å². The van der Waals surface area contributed by atoms with Gasteiger partial charge in [-0.1, -0.05) is 6.92 Å². The monoisotopic (exact) mass is 158 g/mol. The number of hydrogen-bond donors (Lipinski definition) is 1. The maximum atomic E-state index is 5.45. The van der Waals surface area contributed by atoms with E-state index < -0.39 is 0 Å². The molecule has 0 unspecified atom stereocenters. The van der Waals surface area contributed by atoms with Crippen LogP contribution in [0, 0.1) is 0 Å². The second-order valence-corrected chi connectivity index (χ2v) is 3.89. The van der Waals surface area contributed by atoms with Gasteiger partial charge < -0.3 is 5.73 Å². The lowest BCUT2D eigenvalue weighted by atomic mass is 10.1. The van der Waals surface area contributed by atoms with Crippen molar-refractivity contribution < 1.29 is 0 Å². The summed E-state index contributed by atoms with van der Waals surface area (Å²) in [6.07, 6.45) is 1.10. The Morgan fingerprint density at radius 3 is 2.09 bits per heavy atom. The summed E-state index contributed by atoms with van der Waals surface area (Å²) in [7, 11) is 0. The van der Waals surface area contributed by atoms with E-state index in [0.717, 1.165) is 26.1 Å². The highest BCUT2D eigenvalue weighted by Gasteiger charge is 2.17. The zero-order valence-corrected chi connectivity index (χ0v) is 8.35. The van der Waals surface area contributed by atoms with Crippen LogP contribution in [-0.4, -0.2) is 30.1 Å². The number of nitrogens with two attached hydrogens (primary N) is 1. The predicted octanol–water partition coefficient (Wildman–Crippen LogP) is 1.46. The maximum absolute atomic E-state index is 5.45. The van der Waals surface area contributed by atoms with E-state index >= 15 is 0 Å². The van der Waals surface area contributed by atoms with Crippen molar-refractivity contribution in [3.63, 3.8) is 0 Å².